The van der Waals surface area contributed by atoms with Crippen LogP contribution in [-0.4, -0.2) is 35.4 Å². The van der Waals surface area contributed by atoms with Crippen LogP contribution in [0.1, 0.15) is 12.0 Å². The third-order valence-electron chi connectivity index (χ3n) is 3.72. The summed E-state index contributed by atoms with van der Waals surface area (Å²) < 4.78 is 0. The second-order valence-corrected chi connectivity index (χ2v) is 5.57. The lowest BCUT2D eigenvalue weighted by atomic mass is 10.1. The fourth-order valence-corrected chi connectivity index (χ4v) is 2.81. The monoisotopic (exact) mass is 289 g/mol. The summed E-state index contributed by atoms with van der Waals surface area (Å²) in [6, 6.07) is 7.96. The number of likely N-dealkylation sites (N-methyl/N-ethyl adjacent to an activating group) is 1. The molecule has 104 valence electrons. The highest BCUT2D eigenvalue weighted by atomic mass is 35.5. The van der Waals surface area contributed by atoms with E-state index in [0.717, 1.165) is 23.0 Å². The van der Waals surface area contributed by atoms with E-state index in [9.17, 15) is 4.79 Å². The Labute approximate surface area is 122 Å². The van der Waals surface area contributed by atoms with Crippen LogP contribution in [0.3, 0.4) is 0 Å². The van der Waals surface area contributed by atoms with Gasteiger partial charge in [0.05, 0.1) is 5.52 Å². The minimum absolute atomic E-state index is 0.196. The van der Waals surface area contributed by atoms with Crippen molar-refractivity contribution in [3.05, 3.63) is 41.0 Å². The molecule has 5 heteroatoms. The molecule has 0 aliphatic carbocycles. The summed E-state index contributed by atoms with van der Waals surface area (Å²) in [4.78, 5) is 17.7. The molecule has 1 atom stereocenters. The van der Waals surface area contributed by atoms with Crippen molar-refractivity contribution in [2.75, 3.05) is 13.6 Å². The lowest BCUT2D eigenvalue weighted by molar-refractivity contribution is -0.126. The molecule has 0 bridgehead atoms. The van der Waals surface area contributed by atoms with Crippen molar-refractivity contribution >= 4 is 28.4 Å². The van der Waals surface area contributed by atoms with Crippen molar-refractivity contribution in [3.8, 4) is 0 Å². The van der Waals surface area contributed by atoms with Crippen LogP contribution in [-0.2, 0) is 11.3 Å². The minimum Gasteiger partial charge on any atom is -0.344 e. The molecule has 0 spiro atoms. The van der Waals surface area contributed by atoms with E-state index < -0.39 is 0 Å². The van der Waals surface area contributed by atoms with Crippen LogP contribution >= 0.6 is 11.6 Å². The van der Waals surface area contributed by atoms with Gasteiger partial charge in [-0.3, -0.25) is 9.78 Å². The van der Waals surface area contributed by atoms with Gasteiger partial charge in [0.25, 0.3) is 0 Å². The van der Waals surface area contributed by atoms with E-state index in [0.29, 0.717) is 18.0 Å². The molecule has 1 N–H and O–H groups in total. The lowest BCUT2D eigenvalue weighted by Crippen LogP contribution is -2.31. The number of rotatable bonds is 3. The van der Waals surface area contributed by atoms with Crippen molar-refractivity contribution < 1.29 is 4.79 Å². The molecule has 2 aromatic rings. The van der Waals surface area contributed by atoms with E-state index in [2.05, 4.69) is 10.3 Å². The lowest BCUT2D eigenvalue weighted by Gasteiger charge is -2.13. The Morgan fingerprint density at radius 1 is 1.45 bits per heavy atom. The molecule has 1 aliphatic rings. The van der Waals surface area contributed by atoms with E-state index in [1.54, 1.807) is 11.1 Å². The van der Waals surface area contributed by atoms with Gasteiger partial charge in [-0.15, -0.1) is 0 Å². The molecule has 0 radical (unpaired) electrons. The van der Waals surface area contributed by atoms with Gasteiger partial charge in [-0.05, 0) is 23.8 Å². The molecule has 1 saturated heterocycles. The molecule has 1 aromatic heterocycles. The first-order valence-corrected chi connectivity index (χ1v) is 7.02. The van der Waals surface area contributed by atoms with E-state index in [4.69, 9.17) is 11.6 Å². The number of hydrogen-bond acceptors (Lipinski definition) is 3. The topological polar surface area (TPSA) is 45.2 Å². The quantitative estimate of drug-likeness (QED) is 0.942. The summed E-state index contributed by atoms with van der Waals surface area (Å²) in [6.45, 7) is 1.45. The minimum atomic E-state index is 0.196. The molecule has 1 aromatic carbocycles. The maximum atomic E-state index is 11.5. The van der Waals surface area contributed by atoms with Crippen LogP contribution in [0.4, 0.5) is 0 Å². The number of carbonyl (C=O) groups excluding carboxylic acids is 1. The largest absolute Gasteiger partial charge is 0.344 e. The first kappa shape index (κ1) is 13.3. The van der Waals surface area contributed by atoms with Crippen molar-refractivity contribution in [1.29, 1.82) is 0 Å². The zero-order valence-corrected chi connectivity index (χ0v) is 12.0. The van der Waals surface area contributed by atoms with Crippen molar-refractivity contribution in [2.45, 2.75) is 19.0 Å². The number of hydrogen-bond donors (Lipinski definition) is 1. The van der Waals surface area contributed by atoms with Gasteiger partial charge < -0.3 is 10.2 Å². The number of pyridine rings is 1. The zero-order chi connectivity index (χ0) is 14.1. The van der Waals surface area contributed by atoms with E-state index in [-0.39, 0.29) is 11.9 Å². The van der Waals surface area contributed by atoms with Gasteiger partial charge >= 0.3 is 0 Å². The van der Waals surface area contributed by atoms with Crippen LogP contribution < -0.4 is 5.32 Å². The number of carbonyl (C=O) groups is 1. The molecule has 3 rings (SSSR count). The molecular formula is C15H16ClN3O. The molecule has 1 unspecified atom stereocenters. The standard InChI is InChI=1S/C15H16ClN3O/c1-19-9-11(7-14(19)20)18-8-10-4-5-13(16)12-3-2-6-17-15(10)12/h2-6,11,18H,7-9H2,1H3. The SMILES string of the molecule is CN1CC(NCc2ccc(Cl)c3cccnc23)CC1=O. The van der Waals surface area contributed by atoms with Crippen molar-refractivity contribution in [2.24, 2.45) is 0 Å². The summed E-state index contributed by atoms with van der Waals surface area (Å²) in [6.07, 6.45) is 2.34. The third-order valence-corrected chi connectivity index (χ3v) is 4.05. The number of amides is 1. The smallest absolute Gasteiger partial charge is 0.224 e. The van der Waals surface area contributed by atoms with E-state index >= 15 is 0 Å². The first-order valence-electron chi connectivity index (χ1n) is 6.64. The molecule has 1 aliphatic heterocycles. The summed E-state index contributed by atoms with van der Waals surface area (Å²) in [5.74, 6) is 0.196. The van der Waals surface area contributed by atoms with Gasteiger partial charge in [0, 0.05) is 49.2 Å². The predicted octanol–water partition coefficient (Wildman–Crippen LogP) is 2.21. The first-order chi connectivity index (χ1) is 9.65. The van der Waals surface area contributed by atoms with Gasteiger partial charge in [-0.2, -0.15) is 0 Å². The molecular weight excluding hydrogens is 274 g/mol. The molecule has 1 amide bonds. The Hall–Kier alpha value is -1.65. The Balaban J connectivity index is 1.78. The average molecular weight is 290 g/mol. The fourth-order valence-electron chi connectivity index (χ4n) is 2.59. The second kappa shape index (κ2) is 5.38. The summed E-state index contributed by atoms with van der Waals surface area (Å²) in [5.41, 5.74) is 2.03. The van der Waals surface area contributed by atoms with Gasteiger partial charge in [0.15, 0.2) is 0 Å². The van der Waals surface area contributed by atoms with Gasteiger partial charge in [0.2, 0.25) is 5.91 Å². The highest BCUT2D eigenvalue weighted by Gasteiger charge is 2.26. The molecule has 20 heavy (non-hydrogen) atoms. The van der Waals surface area contributed by atoms with E-state index in [1.807, 2.05) is 31.3 Å². The van der Waals surface area contributed by atoms with Gasteiger partial charge in [-0.25, -0.2) is 0 Å². The second-order valence-electron chi connectivity index (χ2n) is 5.16. The van der Waals surface area contributed by atoms with Crippen LogP contribution in [0, 0.1) is 0 Å². The fraction of sp³-hybridized carbons (Fsp3) is 0.333. The zero-order valence-electron chi connectivity index (χ0n) is 11.3. The van der Waals surface area contributed by atoms with Crippen molar-refractivity contribution in [3.63, 3.8) is 0 Å². The number of benzene rings is 1. The maximum Gasteiger partial charge on any atom is 0.224 e. The Kier molecular flexibility index (Phi) is 3.59. The molecule has 4 nitrogen and oxygen atoms in total. The average Bonchev–Trinajstić information content (AvgIpc) is 2.77. The highest BCUT2D eigenvalue weighted by Crippen LogP contribution is 2.24. The van der Waals surface area contributed by atoms with Gasteiger partial charge in [0.1, 0.15) is 0 Å². The predicted molar refractivity (Wildman–Crippen MR) is 79.6 cm³/mol. The normalized spacial score (nSPS) is 19.0. The van der Waals surface area contributed by atoms with Crippen LogP contribution in [0.5, 0.6) is 0 Å². The third kappa shape index (κ3) is 2.49. The van der Waals surface area contributed by atoms with Crippen LogP contribution in [0.2, 0.25) is 5.02 Å². The number of halogens is 1. The highest BCUT2D eigenvalue weighted by molar-refractivity contribution is 6.35. The van der Waals surface area contributed by atoms with E-state index in [1.165, 1.54) is 0 Å². The summed E-state index contributed by atoms with van der Waals surface area (Å²) in [5, 5.41) is 5.11. The van der Waals surface area contributed by atoms with Crippen molar-refractivity contribution in [1.82, 2.24) is 15.2 Å². The van der Waals surface area contributed by atoms with Crippen LogP contribution in [0.15, 0.2) is 30.5 Å². The number of likely N-dealkylation sites (tertiary alicyclic amines) is 1. The molecule has 1 fully saturated rings. The maximum absolute atomic E-state index is 11.5. The number of aromatic nitrogens is 1. The molecule has 2 heterocycles. The number of nitrogens with one attached hydrogen (secondary N) is 1. The number of fused-ring (bicyclic) bond motifs is 1. The number of nitrogens with zero attached hydrogens (tertiary/aromatic N) is 2. The Bertz CT molecular complexity index is 659. The summed E-state index contributed by atoms with van der Waals surface area (Å²) >= 11 is 6.18. The Morgan fingerprint density at radius 3 is 3.05 bits per heavy atom. The molecule has 0 saturated carbocycles. The van der Waals surface area contributed by atoms with Gasteiger partial charge in [-0.1, -0.05) is 17.7 Å². The summed E-state index contributed by atoms with van der Waals surface area (Å²) in [7, 11) is 1.84. The van der Waals surface area contributed by atoms with Crippen LogP contribution in [0.25, 0.3) is 10.9 Å². The Morgan fingerprint density at radius 2 is 2.30 bits per heavy atom.